The molecule has 0 unspecified atom stereocenters. The van der Waals surface area contributed by atoms with Crippen molar-refractivity contribution in [1.82, 2.24) is 9.97 Å². The van der Waals surface area contributed by atoms with Gasteiger partial charge in [-0.3, -0.25) is 0 Å². The molecule has 1 heterocycles. The van der Waals surface area contributed by atoms with E-state index < -0.39 is 0 Å². The van der Waals surface area contributed by atoms with Crippen LogP contribution in [0.25, 0.3) is 11.4 Å². The first kappa shape index (κ1) is 24.7. The highest BCUT2D eigenvalue weighted by molar-refractivity contribution is 5.55. The molecule has 0 spiro atoms. The highest BCUT2D eigenvalue weighted by Crippen LogP contribution is 2.32. The van der Waals surface area contributed by atoms with Crippen molar-refractivity contribution < 1.29 is 4.74 Å². The molecule has 0 aliphatic heterocycles. The molecule has 2 aromatic rings. The summed E-state index contributed by atoms with van der Waals surface area (Å²) in [6.07, 6.45) is 22.6. The van der Waals surface area contributed by atoms with Gasteiger partial charge in [-0.15, -0.1) is 0 Å². The third-order valence-corrected chi connectivity index (χ3v) is 7.04. The number of aryl methyl sites for hydroxylation is 1. The summed E-state index contributed by atoms with van der Waals surface area (Å²) in [4.78, 5) is 9.22. The molecule has 3 rings (SSSR count). The summed E-state index contributed by atoms with van der Waals surface area (Å²) in [6.45, 7) is 5.42. The SMILES string of the molecule is CCCCCCCCCc1cnc(-c2ccc(OCC3CCC(CCC)CC3)cc2)nc1. The van der Waals surface area contributed by atoms with Crippen molar-refractivity contribution >= 4 is 0 Å². The molecular weight excluding hydrogens is 392 g/mol. The molecular formula is C29H44N2O. The van der Waals surface area contributed by atoms with E-state index in [0.29, 0.717) is 0 Å². The molecule has 0 bridgehead atoms. The van der Waals surface area contributed by atoms with Gasteiger partial charge in [0.25, 0.3) is 0 Å². The molecule has 0 amide bonds. The third kappa shape index (κ3) is 8.56. The zero-order valence-electron chi connectivity index (χ0n) is 20.5. The van der Waals surface area contributed by atoms with E-state index in [-0.39, 0.29) is 0 Å². The lowest BCUT2D eigenvalue weighted by atomic mass is 9.80. The number of nitrogens with zero attached hydrogens (tertiary/aromatic N) is 2. The number of hydrogen-bond donors (Lipinski definition) is 0. The Morgan fingerprint density at radius 3 is 2.03 bits per heavy atom. The fourth-order valence-corrected chi connectivity index (χ4v) is 4.93. The molecule has 1 aromatic carbocycles. The van der Waals surface area contributed by atoms with E-state index in [1.54, 1.807) is 0 Å². The standard InChI is InChI=1S/C29H44N2O/c1-3-5-6-7-8-9-10-12-26-21-30-29(31-22-26)27-17-19-28(20-18-27)32-23-25-15-13-24(11-4-2)14-16-25/h17-22,24-25H,3-16,23H2,1-2H3. The Morgan fingerprint density at radius 2 is 1.38 bits per heavy atom. The fourth-order valence-electron chi connectivity index (χ4n) is 4.93. The van der Waals surface area contributed by atoms with Gasteiger partial charge in [0.2, 0.25) is 0 Å². The van der Waals surface area contributed by atoms with Gasteiger partial charge in [0.15, 0.2) is 5.82 Å². The largest absolute Gasteiger partial charge is 0.493 e. The molecule has 32 heavy (non-hydrogen) atoms. The van der Waals surface area contributed by atoms with Crippen LogP contribution in [0.4, 0.5) is 0 Å². The Bertz CT molecular complexity index is 733. The van der Waals surface area contributed by atoms with Crippen LogP contribution in [0, 0.1) is 11.8 Å². The van der Waals surface area contributed by atoms with E-state index in [0.717, 1.165) is 42.0 Å². The predicted molar refractivity (Wildman–Crippen MR) is 135 cm³/mol. The first-order chi connectivity index (χ1) is 15.8. The van der Waals surface area contributed by atoms with Crippen molar-refractivity contribution in [1.29, 1.82) is 0 Å². The van der Waals surface area contributed by atoms with E-state index in [1.807, 2.05) is 12.4 Å². The van der Waals surface area contributed by atoms with Crippen molar-refractivity contribution in [2.75, 3.05) is 6.61 Å². The van der Waals surface area contributed by atoms with Gasteiger partial charge in [-0.1, -0.05) is 78.1 Å². The smallest absolute Gasteiger partial charge is 0.159 e. The van der Waals surface area contributed by atoms with E-state index >= 15 is 0 Å². The zero-order chi connectivity index (χ0) is 22.4. The van der Waals surface area contributed by atoms with E-state index in [2.05, 4.69) is 48.1 Å². The summed E-state index contributed by atoms with van der Waals surface area (Å²) in [7, 11) is 0. The Morgan fingerprint density at radius 1 is 0.750 bits per heavy atom. The Labute approximate surface area is 196 Å². The van der Waals surface area contributed by atoms with Gasteiger partial charge in [-0.05, 0) is 67.3 Å². The second-order valence-corrected chi connectivity index (χ2v) is 9.80. The van der Waals surface area contributed by atoms with Gasteiger partial charge >= 0.3 is 0 Å². The number of hydrogen-bond acceptors (Lipinski definition) is 3. The minimum Gasteiger partial charge on any atom is -0.493 e. The molecule has 1 aliphatic rings. The van der Waals surface area contributed by atoms with Crippen molar-refractivity contribution in [3.63, 3.8) is 0 Å². The molecule has 0 N–H and O–H groups in total. The predicted octanol–water partition coefficient (Wildman–Crippen LogP) is 8.42. The minimum absolute atomic E-state index is 0.718. The van der Waals surface area contributed by atoms with Crippen LogP contribution >= 0.6 is 0 Å². The summed E-state index contributed by atoms with van der Waals surface area (Å²) in [5, 5.41) is 0. The molecule has 0 radical (unpaired) electrons. The summed E-state index contributed by atoms with van der Waals surface area (Å²) in [5.74, 6) is 3.43. The van der Waals surface area contributed by atoms with Gasteiger partial charge in [0.1, 0.15) is 5.75 Å². The fraction of sp³-hybridized carbons (Fsp3) is 0.655. The van der Waals surface area contributed by atoms with E-state index in [1.165, 1.54) is 89.0 Å². The molecule has 3 nitrogen and oxygen atoms in total. The number of benzene rings is 1. The Hall–Kier alpha value is -1.90. The van der Waals surface area contributed by atoms with Crippen LogP contribution in [0.3, 0.4) is 0 Å². The van der Waals surface area contributed by atoms with Crippen LogP contribution in [-0.4, -0.2) is 16.6 Å². The van der Waals surface area contributed by atoms with E-state index in [9.17, 15) is 0 Å². The van der Waals surface area contributed by atoms with E-state index in [4.69, 9.17) is 4.74 Å². The molecule has 0 atom stereocenters. The number of rotatable bonds is 14. The molecule has 1 fully saturated rings. The maximum absolute atomic E-state index is 6.10. The van der Waals surface area contributed by atoms with Crippen LogP contribution in [0.2, 0.25) is 0 Å². The minimum atomic E-state index is 0.718. The number of aromatic nitrogens is 2. The average molecular weight is 437 g/mol. The summed E-state index contributed by atoms with van der Waals surface area (Å²) < 4.78 is 6.10. The second-order valence-electron chi connectivity index (χ2n) is 9.80. The Balaban J connectivity index is 1.37. The molecule has 176 valence electrons. The topological polar surface area (TPSA) is 35.0 Å². The lowest BCUT2D eigenvalue weighted by Gasteiger charge is -2.28. The zero-order valence-corrected chi connectivity index (χ0v) is 20.5. The average Bonchev–Trinajstić information content (AvgIpc) is 2.84. The highest BCUT2D eigenvalue weighted by atomic mass is 16.5. The maximum Gasteiger partial charge on any atom is 0.159 e. The normalized spacial score (nSPS) is 18.6. The van der Waals surface area contributed by atoms with Crippen molar-refractivity contribution in [2.45, 2.75) is 104 Å². The first-order valence-corrected chi connectivity index (χ1v) is 13.3. The second kappa shape index (κ2) is 14.3. The molecule has 1 aliphatic carbocycles. The molecule has 0 saturated heterocycles. The first-order valence-electron chi connectivity index (χ1n) is 13.3. The van der Waals surface area contributed by atoms with Crippen LogP contribution in [0.15, 0.2) is 36.7 Å². The molecule has 1 saturated carbocycles. The van der Waals surface area contributed by atoms with Crippen molar-refractivity contribution in [3.05, 3.63) is 42.2 Å². The third-order valence-electron chi connectivity index (χ3n) is 7.04. The highest BCUT2D eigenvalue weighted by Gasteiger charge is 2.21. The van der Waals surface area contributed by atoms with Gasteiger partial charge < -0.3 is 4.74 Å². The lowest BCUT2D eigenvalue weighted by Crippen LogP contribution is -2.20. The summed E-state index contributed by atoms with van der Waals surface area (Å²) in [5.41, 5.74) is 2.30. The van der Waals surface area contributed by atoms with Crippen molar-refractivity contribution in [2.24, 2.45) is 11.8 Å². The van der Waals surface area contributed by atoms with Crippen LogP contribution in [-0.2, 0) is 6.42 Å². The van der Waals surface area contributed by atoms with Crippen molar-refractivity contribution in [3.8, 4) is 17.1 Å². The van der Waals surface area contributed by atoms with Gasteiger partial charge in [0.05, 0.1) is 6.61 Å². The van der Waals surface area contributed by atoms with Crippen LogP contribution < -0.4 is 4.74 Å². The number of unbranched alkanes of at least 4 members (excludes halogenated alkanes) is 6. The van der Waals surface area contributed by atoms with Gasteiger partial charge in [-0.25, -0.2) is 9.97 Å². The van der Waals surface area contributed by atoms with Gasteiger partial charge in [0, 0.05) is 18.0 Å². The monoisotopic (exact) mass is 436 g/mol. The van der Waals surface area contributed by atoms with Gasteiger partial charge in [-0.2, -0.15) is 0 Å². The number of ether oxygens (including phenoxy) is 1. The molecule has 3 heteroatoms. The lowest BCUT2D eigenvalue weighted by molar-refractivity contribution is 0.178. The summed E-state index contributed by atoms with van der Waals surface area (Å²) >= 11 is 0. The Kier molecular flexibility index (Phi) is 11.0. The van der Waals surface area contributed by atoms with Crippen LogP contribution in [0.5, 0.6) is 5.75 Å². The summed E-state index contributed by atoms with van der Waals surface area (Å²) in [6, 6.07) is 8.29. The molecule has 1 aromatic heterocycles. The van der Waals surface area contributed by atoms with Crippen LogP contribution in [0.1, 0.15) is 103 Å². The quantitative estimate of drug-likeness (QED) is 0.279. The maximum atomic E-state index is 6.10.